The van der Waals surface area contributed by atoms with Gasteiger partial charge in [0.05, 0.1) is 33.1 Å². The maximum atomic E-state index is 12.7. The van der Waals surface area contributed by atoms with Gasteiger partial charge in [-0.05, 0) is 24.3 Å². The van der Waals surface area contributed by atoms with Crippen molar-refractivity contribution in [3.8, 4) is 11.5 Å². The number of hydrogen-bond acceptors (Lipinski definition) is 7. The summed E-state index contributed by atoms with van der Waals surface area (Å²) in [5, 5.41) is 6.25. The SMILES string of the molecule is O=C1c2nccnc2-c2nc3cc4nc5ccccc5nc4cc3n21.[C-]#N. The van der Waals surface area contributed by atoms with Crippen molar-refractivity contribution in [3.63, 3.8) is 0 Å². The predicted octanol–water partition coefficient (Wildman–Crippen LogP) is 2.69. The molecule has 8 nitrogen and oxygen atoms in total. The molecule has 0 bridgehead atoms. The standard InChI is InChI=1S/C18H8N6O.CN/c25-18-16-15(19-5-6-20-16)17-23-13-7-11-12(8-14(13)24(17)18)22-10-4-2-1-3-9(10)21-11;1-2/h1-8H;/q;-1. The summed E-state index contributed by atoms with van der Waals surface area (Å²) in [5.41, 5.74) is 5.33. The van der Waals surface area contributed by atoms with Crippen LogP contribution in [0.2, 0.25) is 0 Å². The zero-order valence-corrected chi connectivity index (χ0v) is 13.7. The minimum Gasteiger partial charge on any atom is -0.512 e. The Bertz CT molecular complexity index is 1420. The minimum absolute atomic E-state index is 0.214. The second-order valence-corrected chi connectivity index (χ2v) is 5.87. The molecule has 0 spiro atoms. The average molecular weight is 350 g/mol. The summed E-state index contributed by atoms with van der Waals surface area (Å²) in [7, 11) is 0. The fraction of sp³-hybridized carbons (Fsp3) is 0. The van der Waals surface area contributed by atoms with E-state index in [1.807, 2.05) is 36.4 Å². The Balaban J connectivity index is 0.000000777. The molecule has 27 heavy (non-hydrogen) atoms. The van der Waals surface area contributed by atoms with Gasteiger partial charge in [0.2, 0.25) is 0 Å². The van der Waals surface area contributed by atoms with Crippen LogP contribution in [-0.4, -0.2) is 35.4 Å². The van der Waals surface area contributed by atoms with Gasteiger partial charge in [-0.3, -0.25) is 9.36 Å². The molecule has 0 unspecified atom stereocenters. The Morgan fingerprint density at radius 2 is 1.41 bits per heavy atom. The molecule has 0 fully saturated rings. The maximum absolute atomic E-state index is 12.7. The van der Waals surface area contributed by atoms with E-state index in [0.29, 0.717) is 28.2 Å². The number of imidazole rings is 1. The van der Waals surface area contributed by atoms with Crippen LogP contribution < -0.4 is 0 Å². The van der Waals surface area contributed by atoms with Gasteiger partial charge in [-0.15, -0.1) is 0 Å². The number of fused-ring (bicyclic) bond motifs is 7. The first-order valence-corrected chi connectivity index (χ1v) is 7.97. The maximum Gasteiger partial charge on any atom is 0.285 e. The Hall–Kier alpha value is -4.25. The molecule has 5 aromatic rings. The van der Waals surface area contributed by atoms with E-state index in [0.717, 1.165) is 22.1 Å². The van der Waals surface area contributed by atoms with Crippen LogP contribution >= 0.6 is 0 Å². The van der Waals surface area contributed by atoms with Gasteiger partial charge in [0.15, 0.2) is 11.5 Å². The van der Waals surface area contributed by atoms with Gasteiger partial charge in [-0.25, -0.2) is 24.9 Å². The van der Waals surface area contributed by atoms with Gasteiger partial charge in [-0.1, -0.05) is 12.1 Å². The van der Waals surface area contributed by atoms with Crippen molar-refractivity contribution in [2.45, 2.75) is 0 Å². The van der Waals surface area contributed by atoms with E-state index in [2.05, 4.69) is 24.9 Å². The number of carbonyl (C=O) groups excluding carboxylic acids is 1. The van der Waals surface area contributed by atoms with Crippen molar-refractivity contribution in [1.82, 2.24) is 29.5 Å². The molecule has 4 heterocycles. The van der Waals surface area contributed by atoms with E-state index < -0.39 is 0 Å². The van der Waals surface area contributed by atoms with Crippen LogP contribution in [0.25, 0.3) is 44.6 Å². The van der Waals surface area contributed by atoms with Gasteiger partial charge in [-0.2, -0.15) is 0 Å². The number of para-hydroxylation sites is 2. The summed E-state index contributed by atoms with van der Waals surface area (Å²) in [6, 6.07) is 11.4. The minimum atomic E-state index is -0.214. The van der Waals surface area contributed by atoms with Crippen molar-refractivity contribution >= 4 is 39.0 Å². The van der Waals surface area contributed by atoms with Crippen LogP contribution in [0.15, 0.2) is 48.8 Å². The molecule has 6 rings (SSSR count). The van der Waals surface area contributed by atoms with Crippen LogP contribution in [0.3, 0.4) is 0 Å². The molecular formula is C19H8N7O-. The first-order valence-electron chi connectivity index (χ1n) is 7.97. The summed E-state index contributed by atoms with van der Waals surface area (Å²) in [4.78, 5) is 35.0. The van der Waals surface area contributed by atoms with E-state index in [1.165, 1.54) is 6.20 Å². The van der Waals surface area contributed by atoms with Gasteiger partial charge < -0.3 is 11.8 Å². The van der Waals surface area contributed by atoms with Crippen LogP contribution in [0.5, 0.6) is 0 Å². The third-order valence-corrected chi connectivity index (χ3v) is 4.43. The number of benzene rings is 2. The number of nitrogens with zero attached hydrogens (tertiary/aromatic N) is 7. The molecule has 0 aliphatic carbocycles. The Labute approximate surface area is 151 Å². The number of carbonyl (C=O) groups is 1. The summed E-state index contributed by atoms with van der Waals surface area (Å²) >= 11 is 0. The van der Waals surface area contributed by atoms with Crippen molar-refractivity contribution < 1.29 is 4.79 Å². The molecular weight excluding hydrogens is 342 g/mol. The lowest BCUT2D eigenvalue weighted by Crippen LogP contribution is -2.07. The Morgan fingerprint density at radius 1 is 0.778 bits per heavy atom. The topological polar surface area (TPSA) is 110 Å². The van der Waals surface area contributed by atoms with Gasteiger partial charge in [0.1, 0.15) is 5.69 Å². The van der Waals surface area contributed by atoms with E-state index >= 15 is 0 Å². The highest BCUT2D eigenvalue weighted by Gasteiger charge is 2.32. The summed E-state index contributed by atoms with van der Waals surface area (Å²) < 4.78 is 1.55. The number of aromatic nitrogens is 6. The molecule has 126 valence electrons. The largest absolute Gasteiger partial charge is 0.512 e. The molecule has 2 aromatic carbocycles. The highest BCUT2D eigenvalue weighted by atomic mass is 16.2. The molecule has 8 heteroatoms. The lowest BCUT2D eigenvalue weighted by molar-refractivity contribution is 0.0969. The van der Waals surface area contributed by atoms with E-state index in [4.69, 9.17) is 11.8 Å². The third kappa shape index (κ3) is 1.96. The Kier molecular flexibility index (Phi) is 2.99. The van der Waals surface area contributed by atoms with Crippen LogP contribution in [-0.2, 0) is 0 Å². The smallest absolute Gasteiger partial charge is 0.285 e. The average Bonchev–Trinajstić information content (AvgIpc) is 3.22. The first-order chi connectivity index (χ1) is 13.3. The fourth-order valence-electron chi connectivity index (χ4n) is 3.32. The molecule has 0 radical (unpaired) electrons. The van der Waals surface area contributed by atoms with Crippen molar-refractivity contribution in [3.05, 3.63) is 61.1 Å². The highest BCUT2D eigenvalue weighted by molar-refractivity contribution is 6.11. The highest BCUT2D eigenvalue weighted by Crippen LogP contribution is 2.33. The summed E-state index contributed by atoms with van der Waals surface area (Å²) in [6.07, 6.45) is 3.08. The van der Waals surface area contributed by atoms with E-state index in [-0.39, 0.29) is 5.91 Å². The summed E-state index contributed by atoms with van der Waals surface area (Å²) in [6.45, 7) is 4.75. The molecule has 0 atom stereocenters. The first kappa shape index (κ1) is 15.0. The molecule has 1 aliphatic rings. The third-order valence-electron chi connectivity index (χ3n) is 4.43. The second-order valence-electron chi connectivity index (χ2n) is 5.87. The van der Waals surface area contributed by atoms with Crippen molar-refractivity contribution in [2.24, 2.45) is 0 Å². The van der Waals surface area contributed by atoms with Gasteiger partial charge in [0, 0.05) is 12.4 Å². The molecule has 1 aliphatic heterocycles. The molecule has 0 N–H and O–H groups in total. The molecule has 0 amide bonds. The van der Waals surface area contributed by atoms with Gasteiger partial charge in [0.25, 0.3) is 5.91 Å². The molecule has 0 saturated carbocycles. The second kappa shape index (κ2) is 5.37. The van der Waals surface area contributed by atoms with E-state index in [9.17, 15) is 4.79 Å². The van der Waals surface area contributed by atoms with Crippen LogP contribution in [0.4, 0.5) is 0 Å². The zero-order chi connectivity index (χ0) is 18.5. The molecule has 0 saturated heterocycles. The monoisotopic (exact) mass is 350 g/mol. The zero-order valence-electron chi connectivity index (χ0n) is 13.7. The predicted molar refractivity (Wildman–Crippen MR) is 96.1 cm³/mol. The van der Waals surface area contributed by atoms with Crippen LogP contribution in [0.1, 0.15) is 10.5 Å². The quantitative estimate of drug-likeness (QED) is 0.306. The van der Waals surface area contributed by atoms with E-state index in [1.54, 1.807) is 10.8 Å². The lowest BCUT2D eigenvalue weighted by atomic mass is 10.2. The Morgan fingerprint density at radius 3 is 2.11 bits per heavy atom. The molecule has 3 aromatic heterocycles. The van der Waals surface area contributed by atoms with Crippen molar-refractivity contribution in [2.75, 3.05) is 0 Å². The number of rotatable bonds is 0. The van der Waals surface area contributed by atoms with Crippen molar-refractivity contribution in [1.29, 1.82) is 5.26 Å². The summed E-state index contributed by atoms with van der Waals surface area (Å²) in [5.74, 6) is 0.302. The van der Waals surface area contributed by atoms with Crippen LogP contribution in [0, 0.1) is 11.8 Å². The number of hydrogen-bond donors (Lipinski definition) is 0. The van der Waals surface area contributed by atoms with Gasteiger partial charge >= 0.3 is 0 Å². The normalized spacial score (nSPS) is 12.0. The lowest BCUT2D eigenvalue weighted by Gasteiger charge is -2.02. The fourth-order valence-corrected chi connectivity index (χ4v) is 3.32.